The number of hydrogen-bond donors (Lipinski definition) is 2. The molecule has 2 aliphatic heterocycles. The number of halogens is 1. The van der Waals surface area contributed by atoms with Crippen molar-refractivity contribution in [2.45, 2.75) is 57.3 Å². The number of rotatable bonds is 5. The van der Waals surface area contributed by atoms with Crippen molar-refractivity contribution >= 4 is 5.82 Å². The highest BCUT2D eigenvalue weighted by Gasteiger charge is 2.48. The van der Waals surface area contributed by atoms with Gasteiger partial charge in [0.1, 0.15) is 18.1 Å². The fraction of sp³-hybridized carbons (Fsp3) is 0.565. The zero-order valence-electron chi connectivity index (χ0n) is 17.5. The number of phenolic OH excluding ortho intramolecular Hbond substituents is 1. The summed E-state index contributed by atoms with van der Waals surface area (Å²) >= 11 is 0. The molecule has 1 spiro atoms. The molecule has 2 fully saturated rings. The van der Waals surface area contributed by atoms with Crippen LogP contribution in [0, 0.1) is 6.92 Å². The number of likely N-dealkylation sites (tertiary alicyclic amines) is 1. The van der Waals surface area contributed by atoms with E-state index in [4.69, 9.17) is 4.74 Å². The van der Waals surface area contributed by atoms with E-state index >= 15 is 0 Å². The predicted octanol–water partition coefficient (Wildman–Crippen LogP) is 3.61. The molecule has 1 aromatic heterocycles. The topological polar surface area (TPSA) is 70.5 Å². The molecular weight excluding hydrogens is 383 g/mol. The number of phenols is 1. The predicted molar refractivity (Wildman–Crippen MR) is 113 cm³/mol. The van der Waals surface area contributed by atoms with Crippen molar-refractivity contribution in [3.8, 4) is 17.0 Å². The lowest BCUT2D eigenvalue weighted by molar-refractivity contribution is 0.00828. The maximum Gasteiger partial charge on any atom is 0.152 e. The maximum atomic E-state index is 12.8. The van der Waals surface area contributed by atoms with Gasteiger partial charge in [0.25, 0.3) is 0 Å². The summed E-state index contributed by atoms with van der Waals surface area (Å²) < 4.78 is 19.0. The van der Waals surface area contributed by atoms with Gasteiger partial charge in [0.05, 0.1) is 12.2 Å². The molecule has 1 aromatic carbocycles. The molecule has 3 aliphatic rings. The number of hydrogen-bond acceptors (Lipinski definition) is 6. The van der Waals surface area contributed by atoms with Gasteiger partial charge < -0.3 is 15.2 Å². The smallest absolute Gasteiger partial charge is 0.152 e. The van der Waals surface area contributed by atoms with E-state index in [2.05, 4.69) is 20.4 Å². The Balaban J connectivity index is 1.48. The van der Waals surface area contributed by atoms with Gasteiger partial charge in [-0.1, -0.05) is 6.07 Å². The van der Waals surface area contributed by atoms with E-state index in [9.17, 15) is 9.50 Å². The number of aromatic hydroxyl groups is 1. The van der Waals surface area contributed by atoms with Gasteiger partial charge in [0, 0.05) is 42.2 Å². The number of benzene rings is 1. The molecular formula is C23H29FN4O2. The first-order chi connectivity index (χ1) is 14.6. The van der Waals surface area contributed by atoms with Crippen molar-refractivity contribution in [3.05, 3.63) is 34.9 Å². The summed E-state index contributed by atoms with van der Waals surface area (Å²) in [6.07, 6.45) is 5.07. The highest BCUT2D eigenvalue weighted by Crippen LogP contribution is 2.49. The van der Waals surface area contributed by atoms with Crippen molar-refractivity contribution < 1.29 is 14.2 Å². The van der Waals surface area contributed by atoms with Crippen LogP contribution in [0.25, 0.3) is 11.3 Å². The third-order valence-electron chi connectivity index (χ3n) is 6.67. The van der Waals surface area contributed by atoms with Crippen LogP contribution in [0.4, 0.5) is 10.2 Å². The molecule has 0 bridgehead atoms. The molecule has 6 nitrogen and oxygen atoms in total. The second kappa shape index (κ2) is 7.78. The van der Waals surface area contributed by atoms with Crippen LogP contribution >= 0.6 is 0 Å². The zero-order valence-corrected chi connectivity index (χ0v) is 17.5. The third kappa shape index (κ3) is 3.76. The second-order valence-electron chi connectivity index (χ2n) is 9.00. The average Bonchev–Trinajstić information content (AvgIpc) is 3.48. The lowest BCUT2D eigenvalue weighted by Crippen LogP contribution is -2.43. The summed E-state index contributed by atoms with van der Waals surface area (Å²) in [7, 11) is 0. The fourth-order valence-electron chi connectivity index (χ4n) is 4.78. The average molecular weight is 413 g/mol. The standard InChI is InChI=1S/C23H29FN4O2/c1-15-4-5-17(20(29)11-15)21-19-14-30-23(6-7-23)12-18(19)22(27-26-21)25-16-3-2-9-28(13-16)10-8-24/h4-5,11,16,29H,2-3,6-10,12-14H2,1H3,(H,25,27)/t16-/m1/s1. The monoisotopic (exact) mass is 412 g/mol. The van der Waals surface area contributed by atoms with Crippen LogP contribution < -0.4 is 5.32 Å². The number of aryl methyl sites for hydroxylation is 1. The molecule has 5 rings (SSSR count). The Morgan fingerprint density at radius 2 is 2.17 bits per heavy atom. The summed E-state index contributed by atoms with van der Waals surface area (Å²) in [5, 5.41) is 23.2. The molecule has 1 saturated carbocycles. The summed E-state index contributed by atoms with van der Waals surface area (Å²) in [4.78, 5) is 2.17. The van der Waals surface area contributed by atoms with E-state index in [1.165, 1.54) is 0 Å². The maximum absolute atomic E-state index is 12.8. The lowest BCUT2D eigenvalue weighted by atomic mass is 9.93. The van der Waals surface area contributed by atoms with Crippen LogP contribution in [0.5, 0.6) is 5.75 Å². The number of anilines is 1. The van der Waals surface area contributed by atoms with E-state index in [1.807, 2.05) is 19.1 Å². The first-order valence-corrected chi connectivity index (χ1v) is 10.9. The van der Waals surface area contributed by atoms with Crippen LogP contribution in [-0.2, 0) is 17.8 Å². The van der Waals surface area contributed by atoms with Gasteiger partial charge in [0.2, 0.25) is 0 Å². The molecule has 1 saturated heterocycles. The molecule has 160 valence electrons. The van der Waals surface area contributed by atoms with Gasteiger partial charge in [-0.05, 0) is 56.8 Å². The summed E-state index contributed by atoms with van der Waals surface area (Å²) in [5.41, 5.74) is 4.52. The fourth-order valence-corrected chi connectivity index (χ4v) is 4.78. The van der Waals surface area contributed by atoms with Gasteiger partial charge in [0.15, 0.2) is 5.82 Å². The Hall–Kier alpha value is -2.25. The molecule has 2 aromatic rings. The summed E-state index contributed by atoms with van der Waals surface area (Å²) in [6.45, 7) is 4.40. The number of ether oxygens (including phenoxy) is 1. The minimum absolute atomic E-state index is 0.0497. The Morgan fingerprint density at radius 1 is 1.30 bits per heavy atom. The van der Waals surface area contributed by atoms with Crippen LogP contribution in [-0.4, -0.2) is 58.2 Å². The first kappa shape index (κ1) is 19.7. The van der Waals surface area contributed by atoms with Gasteiger partial charge in [-0.25, -0.2) is 4.39 Å². The van der Waals surface area contributed by atoms with Crippen molar-refractivity contribution in [1.82, 2.24) is 15.1 Å². The van der Waals surface area contributed by atoms with Gasteiger partial charge in [-0.2, -0.15) is 0 Å². The second-order valence-corrected chi connectivity index (χ2v) is 9.00. The van der Waals surface area contributed by atoms with E-state index in [0.29, 0.717) is 24.4 Å². The molecule has 0 amide bonds. The zero-order chi connectivity index (χ0) is 20.7. The number of aromatic nitrogens is 2. The van der Waals surface area contributed by atoms with Gasteiger partial charge >= 0.3 is 0 Å². The van der Waals surface area contributed by atoms with E-state index in [0.717, 1.165) is 67.7 Å². The molecule has 0 radical (unpaired) electrons. The van der Waals surface area contributed by atoms with Crippen molar-refractivity contribution in [2.75, 3.05) is 31.6 Å². The molecule has 3 heterocycles. The molecule has 0 unspecified atom stereocenters. The van der Waals surface area contributed by atoms with Gasteiger partial charge in [-0.15, -0.1) is 10.2 Å². The molecule has 7 heteroatoms. The van der Waals surface area contributed by atoms with E-state index < -0.39 is 0 Å². The van der Waals surface area contributed by atoms with Crippen LogP contribution in [0.2, 0.25) is 0 Å². The normalized spacial score (nSPS) is 22.7. The number of alkyl halides is 1. The number of fused-ring (bicyclic) bond motifs is 1. The number of piperidine rings is 1. The highest BCUT2D eigenvalue weighted by atomic mass is 19.1. The molecule has 1 aliphatic carbocycles. The minimum Gasteiger partial charge on any atom is -0.507 e. The van der Waals surface area contributed by atoms with Gasteiger partial charge in [-0.3, -0.25) is 4.90 Å². The Morgan fingerprint density at radius 3 is 2.93 bits per heavy atom. The van der Waals surface area contributed by atoms with Crippen LogP contribution in [0.1, 0.15) is 42.4 Å². The minimum atomic E-state index is -0.309. The van der Waals surface area contributed by atoms with E-state index in [1.54, 1.807) is 6.07 Å². The SMILES string of the molecule is Cc1ccc(-c2nnc(N[C@@H]3CCCN(CCF)C3)c3c2COC2(CC2)C3)c(O)c1. The Kier molecular flexibility index (Phi) is 5.11. The van der Waals surface area contributed by atoms with Crippen molar-refractivity contribution in [1.29, 1.82) is 0 Å². The summed E-state index contributed by atoms with van der Waals surface area (Å²) in [5.74, 6) is 1.04. The molecule has 1 atom stereocenters. The summed E-state index contributed by atoms with van der Waals surface area (Å²) in [6, 6.07) is 5.87. The lowest BCUT2D eigenvalue weighted by Gasteiger charge is -2.34. The van der Waals surface area contributed by atoms with Crippen molar-refractivity contribution in [2.24, 2.45) is 0 Å². The van der Waals surface area contributed by atoms with Crippen molar-refractivity contribution in [3.63, 3.8) is 0 Å². The van der Waals surface area contributed by atoms with E-state index in [-0.39, 0.29) is 24.1 Å². The molecule has 30 heavy (non-hydrogen) atoms. The Labute approximate surface area is 176 Å². The number of nitrogens with zero attached hydrogens (tertiary/aromatic N) is 3. The highest BCUT2D eigenvalue weighted by molar-refractivity contribution is 5.73. The molecule has 2 N–H and O–H groups in total. The van der Waals surface area contributed by atoms with Crippen LogP contribution in [0.3, 0.4) is 0 Å². The van der Waals surface area contributed by atoms with Crippen LogP contribution in [0.15, 0.2) is 18.2 Å². The number of nitrogens with one attached hydrogen (secondary N) is 1. The quantitative estimate of drug-likeness (QED) is 0.782. The largest absolute Gasteiger partial charge is 0.507 e. The Bertz CT molecular complexity index is 945. The first-order valence-electron chi connectivity index (χ1n) is 10.9. The third-order valence-corrected chi connectivity index (χ3v) is 6.67.